The van der Waals surface area contributed by atoms with Gasteiger partial charge in [-0.15, -0.1) is 0 Å². The van der Waals surface area contributed by atoms with Gasteiger partial charge in [-0.25, -0.2) is 9.97 Å². The predicted octanol–water partition coefficient (Wildman–Crippen LogP) is 3.47. The van der Waals surface area contributed by atoms with E-state index < -0.39 is 0 Å². The molecule has 0 saturated carbocycles. The van der Waals surface area contributed by atoms with Crippen LogP contribution in [0.25, 0.3) is 11.1 Å². The molecule has 3 rings (SSSR count). The van der Waals surface area contributed by atoms with Crippen LogP contribution in [-0.2, 0) is 13.0 Å². The Morgan fingerprint density at radius 2 is 2.21 bits per heavy atom. The minimum absolute atomic E-state index is 0.0657. The van der Waals surface area contributed by atoms with E-state index in [9.17, 15) is 4.79 Å². The molecular weight excluding hydrogens is 304 g/mol. The average molecular weight is 326 g/mol. The van der Waals surface area contributed by atoms with Crippen LogP contribution in [0.3, 0.4) is 0 Å². The van der Waals surface area contributed by atoms with Crippen molar-refractivity contribution in [2.75, 3.05) is 7.05 Å². The number of hydrogen-bond donors (Lipinski definition) is 1. The summed E-state index contributed by atoms with van der Waals surface area (Å²) in [6.45, 7) is 4.51. The number of hydrogen-bond acceptors (Lipinski definition) is 4. The molecule has 0 aliphatic rings. The zero-order valence-corrected chi connectivity index (χ0v) is 14.3. The molecule has 6 heteroatoms. The predicted molar refractivity (Wildman–Crippen MR) is 91.7 cm³/mol. The van der Waals surface area contributed by atoms with Crippen LogP contribution < -0.4 is 0 Å². The van der Waals surface area contributed by atoms with Gasteiger partial charge >= 0.3 is 0 Å². The Morgan fingerprint density at radius 3 is 2.92 bits per heavy atom. The van der Waals surface area contributed by atoms with Crippen LogP contribution >= 0.6 is 0 Å². The molecule has 0 aliphatic carbocycles. The number of benzene rings is 1. The molecule has 0 unspecified atom stereocenters. The van der Waals surface area contributed by atoms with E-state index >= 15 is 0 Å². The number of nitrogens with one attached hydrogen (secondary N) is 1. The Balaban J connectivity index is 1.76. The van der Waals surface area contributed by atoms with Crippen molar-refractivity contribution in [3.8, 4) is 0 Å². The summed E-state index contributed by atoms with van der Waals surface area (Å²) in [4.78, 5) is 26.1. The third-order valence-corrected chi connectivity index (χ3v) is 3.91. The largest absolute Gasteiger partial charge is 0.441 e. The molecule has 6 nitrogen and oxygen atoms in total. The summed E-state index contributed by atoms with van der Waals surface area (Å²) in [7, 11) is 1.76. The lowest BCUT2D eigenvalue weighted by Gasteiger charge is -2.15. The lowest BCUT2D eigenvalue weighted by atomic mass is 10.2. The van der Waals surface area contributed by atoms with Crippen molar-refractivity contribution in [1.29, 1.82) is 0 Å². The van der Waals surface area contributed by atoms with E-state index in [1.165, 1.54) is 0 Å². The van der Waals surface area contributed by atoms with Crippen molar-refractivity contribution in [3.05, 3.63) is 47.4 Å². The minimum atomic E-state index is -0.0657. The number of carbonyl (C=O) groups is 1. The maximum absolute atomic E-state index is 12.6. The second-order valence-corrected chi connectivity index (χ2v) is 6.07. The van der Waals surface area contributed by atoms with E-state index in [-0.39, 0.29) is 5.91 Å². The van der Waals surface area contributed by atoms with Crippen LogP contribution in [0.5, 0.6) is 0 Å². The molecule has 0 spiro atoms. The zero-order valence-electron chi connectivity index (χ0n) is 14.3. The van der Waals surface area contributed by atoms with Crippen LogP contribution in [0.1, 0.15) is 47.5 Å². The van der Waals surface area contributed by atoms with Crippen molar-refractivity contribution in [2.24, 2.45) is 0 Å². The van der Waals surface area contributed by atoms with Gasteiger partial charge in [0.05, 0.1) is 6.54 Å². The van der Waals surface area contributed by atoms with E-state index in [1.54, 1.807) is 30.3 Å². The smallest absolute Gasteiger partial charge is 0.254 e. The second kappa shape index (κ2) is 6.86. The molecule has 24 heavy (non-hydrogen) atoms. The standard InChI is InChI=1S/C18H22N4O2/c1-4-5-6-17-21-14-9-13(7-8-15(14)24-17)18(23)22(3)11-16-19-10-12(2)20-16/h7-10H,4-6,11H2,1-3H3,(H,19,20). The number of nitrogens with zero attached hydrogens (tertiary/aromatic N) is 3. The maximum atomic E-state index is 12.6. The van der Waals surface area contributed by atoms with Crippen molar-refractivity contribution in [1.82, 2.24) is 19.9 Å². The van der Waals surface area contributed by atoms with Gasteiger partial charge in [-0.3, -0.25) is 4.79 Å². The molecular formula is C18H22N4O2. The number of unbranched alkanes of at least 4 members (excludes halogenated alkanes) is 1. The molecule has 0 bridgehead atoms. The molecule has 3 aromatic rings. The number of fused-ring (bicyclic) bond motifs is 1. The van der Waals surface area contributed by atoms with Crippen molar-refractivity contribution in [3.63, 3.8) is 0 Å². The van der Waals surface area contributed by atoms with Gasteiger partial charge in [0.1, 0.15) is 11.3 Å². The molecule has 126 valence electrons. The molecule has 1 aromatic carbocycles. The van der Waals surface area contributed by atoms with Crippen molar-refractivity contribution >= 4 is 17.0 Å². The van der Waals surface area contributed by atoms with Crippen LogP contribution in [0, 0.1) is 6.92 Å². The van der Waals surface area contributed by atoms with Gasteiger partial charge in [-0.2, -0.15) is 0 Å². The lowest BCUT2D eigenvalue weighted by molar-refractivity contribution is 0.0782. The van der Waals surface area contributed by atoms with Crippen LogP contribution in [0.15, 0.2) is 28.8 Å². The molecule has 0 aliphatic heterocycles. The van der Waals surface area contributed by atoms with Crippen molar-refractivity contribution < 1.29 is 9.21 Å². The number of aromatic amines is 1. The Hall–Kier alpha value is -2.63. The highest BCUT2D eigenvalue weighted by Gasteiger charge is 2.15. The Kier molecular flexibility index (Phi) is 4.64. The second-order valence-electron chi connectivity index (χ2n) is 6.07. The average Bonchev–Trinajstić information content (AvgIpc) is 3.16. The van der Waals surface area contributed by atoms with Gasteiger partial charge in [0.2, 0.25) is 0 Å². The Bertz CT molecular complexity index is 850. The quantitative estimate of drug-likeness (QED) is 0.752. The van der Waals surface area contributed by atoms with E-state index in [0.717, 1.165) is 47.8 Å². The van der Waals surface area contributed by atoms with Gasteiger partial charge < -0.3 is 14.3 Å². The van der Waals surface area contributed by atoms with E-state index in [4.69, 9.17) is 4.42 Å². The number of carbonyl (C=O) groups excluding carboxylic acids is 1. The fourth-order valence-electron chi connectivity index (χ4n) is 2.61. The van der Waals surface area contributed by atoms with Gasteiger partial charge in [-0.1, -0.05) is 13.3 Å². The summed E-state index contributed by atoms with van der Waals surface area (Å²) in [5.74, 6) is 1.44. The Morgan fingerprint density at radius 1 is 1.38 bits per heavy atom. The topological polar surface area (TPSA) is 75.0 Å². The molecule has 0 saturated heterocycles. The fourth-order valence-corrected chi connectivity index (χ4v) is 2.61. The van der Waals surface area contributed by atoms with Crippen LogP contribution in [0.4, 0.5) is 0 Å². The van der Waals surface area contributed by atoms with E-state index in [2.05, 4.69) is 21.9 Å². The Labute approximate surface area is 140 Å². The third kappa shape index (κ3) is 3.48. The third-order valence-electron chi connectivity index (χ3n) is 3.91. The molecule has 1 amide bonds. The number of aromatic nitrogens is 3. The summed E-state index contributed by atoms with van der Waals surface area (Å²) >= 11 is 0. The van der Waals surface area contributed by atoms with Gasteiger partial charge in [-0.05, 0) is 31.5 Å². The maximum Gasteiger partial charge on any atom is 0.254 e. The first kappa shape index (κ1) is 16.2. The first-order valence-corrected chi connectivity index (χ1v) is 8.22. The van der Waals surface area contributed by atoms with Crippen LogP contribution in [-0.4, -0.2) is 32.8 Å². The number of H-pyrrole nitrogens is 1. The number of oxazole rings is 1. The minimum Gasteiger partial charge on any atom is -0.441 e. The highest BCUT2D eigenvalue weighted by molar-refractivity contribution is 5.96. The number of aryl methyl sites for hydroxylation is 2. The number of amides is 1. The molecule has 0 fully saturated rings. The van der Waals surface area contributed by atoms with Gasteiger partial charge in [0.15, 0.2) is 11.5 Å². The zero-order chi connectivity index (χ0) is 17.1. The monoisotopic (exact) mass is 326 g/mol. The SMILES string of the molecule is CCCCc1nc2cc(C(=O)N(C)Cc3ncc(C)[nH]3)ccc2o1. The molecule has 2 heterocycles. The summed E-state index contributed by atoms with van der Waals surface area (Å²) in [6, 6.07) is 5.39. The highest BCUT2D eigenvalue weighted by atomic mass is 16.3. The lowest BCUT2D eigenvalue weighted by Crippen LogP contribution is -2.26. The normalized spacial score (nSPS) is 11.1. The fraction of sp³-hybridized carbons (Fsp3) is 0.389. The molecule has 0 radical (unpaired) electrons. The summed E-state index contributed by atoms with van der Waals surface area (Å²) < 4.78 is 5.71. The highest BCUT2D eigenvalue weighted by Crippen LogP contribution is 2.19. The van der Waals surface area contributed by atoms with Crippen molar-refractivity contribution in [2.45, 2.75) is 39.7 Å². The first-order chi connectivity index (χ1) is 11.6. The molecule has 0 atom stereocenters. The summed E-state index contributed by atoms with van der Waals surface area (Å²) in [6.07, 6.45) is 4.72. The van der Waals surface area contributed by atoms with Gasteiger partial charge in [0, 0.05) is 30.9 Å². The molecule has 2 aromatic heterocycles. The first-order valence-electron chi connectivity index (χ1n) is 8.22. The number of rotatable bonds is 6. The summed E-state index contributed by atoms with van der Waals surface area (Å²) in [5.41, 5.74) is 3.04. The van der Waals surface area contributed by atoms with Crippen LogP contribution in [0.2, 0.25) is 0 Å². The summed E-state index contributed by atoms with van der Waals surface area (Å²) in [5, 5.41) is 0. The van der Waals surface area contributed by atoms with E-state index in [0.29, 0.717) is 12.1 Å². The molecule has 1 N–H and O–H groups in total. The number of imidazole rings is 1. The van der Waals surface area contributed by atoms with E-state index in [1.807, 2.05) is 13.0 Å². The van der Waals surface area contributed by atoms with Gasteiger partial charge in [0.25, 0.3) is 5.91 Å².